The summed E-state index contributed by atoms with van der Waals surface area (Å²) in [7, 11) is 0. The van der Waals surface area contributed by atoms with E-state index >= 15 is 0 Å². The third-order valence-corrected chi connectivity index (χ3v) is 1.18. The maximum Gasteiger partial charge on any atom is 0.433 e. The van der Waals surface area contributed by atoms with Crippen LogP contribution in [0.4, 0.5) is 5.88 Å². The summed E-state index contributed by atoms with van der Waals surface area (Å²) in [4.78, 5) is 9.51. The van der Waals surface area contributed by atoms with Gasteiger partial charge >= 0.3 is 5.88 Å². The molecule has 0 aliphatic carbocycles. The van der Waals surface area contributed by atoms with Crippen LogP contribution < -0.4 is 0 Å². The number of hydrogen-bond acceptors (Lipinski definition) is 4. The van der Waals surface area contributed by atoms with Gasteiger partial charge in [0.15, 0.2) is 0 Å². The summed E-state index contributed by atoms with van der Waals surface area (Å²) in [5.74, 6) is 0.0586. The molecule has 0 saturated carbocycles. The van der Waals surface area contributed by atoms with Crippen LogP contribution in [0.2, 0.25) is 0 Å². The number of aliphatic hydroxyl groups is 1. The molecule has 0 unspecified atom stereocenters. The third kappa shape index (κ3) is 1.93. The van der Waals surface area contributed by atoms with Gasteiger partial charge in [-0.3, -0.25) is 10.1 Å². The van der Waals surface area contributed by atoms with Crippen LogP contribution in [0.5, 0.6) is 0 Å². The minimum atomic E-state index is -0.615. The van der Waals surface area contributed by atoms with Crippen molar-refractivity contribution in [2.75, 3.05) is 6.61 Å². The summed E-state index contributed by atoms with van der Waals surface area (Å²) < 4.78 is 4.75. The van der Waals surface area contributed by atoms with Gasteiger partial charge < -0.3 is 9.52 Å². The molecule has 1 rings (SSSR count). The number of furan rings is 1. The van der Waals surface area contributed by atoms with Crippen LogP contribution in [0.15, 0.2) is 22.6 Å². The van der Waals surface area contributed by atoms with Gasteiger partial charge in [0.1, 0.15) is 10.7 Å². The summed E-state index contributed by atoms with van der Waals surface area (Å²) >= 11 is 0. The third-order valence-electron chi connectivity index (χ3n) is 1.18. The second-order valence-corrected chi connectivity index (χ2v) is 2.02. The van der Waals surface area contributed by atoms with Gasteiger partial charge in [0.05, 0.1) is 12.7 Å². The van der Waals surface area contributed by atoms with Crippen molar-refractivity contribution in [3.05, 3.63) is 34.1 Å². The molecule has 0 amide bonds. The monoisotopic (exact) mass is 169 g/mol. The molecule has 12 heavy (non-hydrogen) atoms. The molecule has 1 aromatic heterocycles. The molecule has 0 spiro atoms. The van der Waals surface area contributed by atoms with E-state index in [0.717, 1.165) is 0 Å². The Balaban J connectivity index is 2.77. The van der Waals surface area contributed by atoms with Crippen molar-refractivity contribution in [3.8, 4) is 0 Å². The van der Waals surface area contributed by atoms with Crippen LogP contribution in [0.3, 0.4) is 0 Å². The van der Waals surface area contributed by atoms with Crippen LogP contribution in [-0.2, 0) is 0 Å². The predicted octanol–water partition coefficient (Wildman–Crippen LogP) is 1.19. The van der Waals surface area contributed by atoms with E-state index in [4.69, 9.17) is 9.52 Å². The zero-order valence-corrected chi connectivity index (χ0v) is 6.14. The summed E-state index contributed by atoms with van der Waals surface area (Å²) in [5, 5.41) is 18.5. The van der Waals surface area contributed by atoms with E-state index in [1.807, 2.05) is 0 Å². The standard InChI is InChI=1S/C7H7NO4/c9-5-1-2-6-3-4-7(12-6)8(10)11/h1-4,9H,5H2/b2-1-. The molecule has 0 bridgehead atoms. The lowest BCUT2D eigenvalue weighted by molar-refractivity contribution is -0.402. The van der Waals surface area contributed by atoms with Crippen LogP contribution >= 0.6 is 0 Å². The zero-order chi connectivity index (χ0) is 8.97. The van der Waals surface area contributed by atoms with E-state index in [2.05, 4.69) is 0 Å². The van der Waals surface area contributed by atoms with Crippen molar-refractivity contribution in [2.45, 2.75) is 0 Å². The molecule has 0 atom stereocenters. The fourth-order valence-corrected chi connectivity index (χ4v) is 0.699. The predicted molar refractivity (Wildman–Crippen MR) is 41.5 cm³/mol. The van der Waals surface area contributed by atoms with E-state index in [-0.39, 0.29) is 12.5 Å². The van der Waals surface area contributed by atoms with E-state index in [1.54, 1.807) is 0 Å². The van der Waals surface area contributed by atoms with Crippen molar-refractivity contribution in [3.63, 3.8) is 0 Å². The normalized spacial score (nSPS) is 10.8. The molecular formula is C7H7NO4. The highest BCUT2D eigenvalue weighted by atomic mass is 16.6. The SMILES string of the molecule is O=[N+]([O-])c1ccc(/C=C\CO)o1. The lowest BCUT2D eigenvalue weighted by Crippen LogP contribution is -1.82. The first-order chi connectivity index (χ1) is 5.74. The molecule has 1 heterocycles. The molecule has 0 saturated heterocycles. The Morgan fingerprint density at radius 3 is 2.92 bits per heavy atom. The largest absolute Gasteiger partial charge is 0.433 e. The van der Waals surface area contributed by atoms with Gasteiger partial charge in [0.2, 0.25) is 0 Å². The summed E-state index contributed by atoms with van der Waals surface area (Å²) in [6.07, 6.45) is 2.90. The first-order valence-electron chi connectivity index (χ1n) is 3.25. The number of hydrogen-bond donors (Lipinski definition) is 1. The van der Waals surface area contributed by atoms with E-state index in [0.29, 0.717) is 5.76 Å². The minimum absolute atomic E-state index is 0.117. The molecule has 5 heteroatoms. The maximum atomic E-state index is 10.1. The fraction of sp³-hybridized carbons (Fsp3) is 0.143. The first kappa shape index (κ1) is 8.48. The molecular weight excluding hydrogens is 162 g/mol. The molecule has 1 aromatic rings. The van der Waals surface area contributed by atoms with Gasteiger partial charge in [-0.15, -0.1) is 0 Å². The Bertz CT molecular complexity index is 302. The van der Waals surface area contributed by atoms with Gasteiger partial charge in [-0.2, -0.15) is 0 Å². The number of aliphatic hydroxyl groups excluding tert-OH is 1. The van der Waals surface area contributed by atoms with Gasteiger partial charge in [-0.1, -0.05) is 6.08 Å². The second kappa shape index (κ2) is 3.68. The molecule has 0 fully saturated rings. The van der Waals surface area contributed by atoms with Gasteiger partial charge in [-0.05, 0) is 12.1 Å². The van der Waals surface area contributed by atoms with Crippen LogP contribution in [-0.4, -0.2) is 16.6 Å². The molecule has 0 aliphatic heterocycles. The lowest BCUT2D eigenvalue weighted by Gasteiger charge is -1.82. The van der Waals surface area contributed by atoms with Gasteiger partial charge in [0.25, 0.3) is 0 Å². The van der Waals surface area contributed by atoms with Gasteiger partial charge in [-0.25, -0.2) is 0 Å². The summed E-state index contributed by atoms with van der Waals surface area (Å²) in [6, 6.07) is 2.72. The highest BCUT2D eigenvalue weighted by Gasteiger charge is 2.09. The number of nitro groups is 1. The van der Waals surface area contributed by atoms with Gasteiger partial charge in [0, 0.05) is 0 Å². The average molecular weight is 169 g/mol. The maximum absolute atomic E-state index is 10.1. The Morgan fingerprint density at radius 1 is 1.67 bits per heavy atom. The Hall–Kier alpha value is -1.62. The highest BCUT2D eigenvalue weighted by Crippen LogP contribution is 2.16. The molecule has 5 nitrogen and oxygen atoms in total. The van der Waals surface area contributed by atoms with Crippen molar-refractivity contribution in [1.82, 2.24) is 0 Å². The lowest BCUT2D eigenvalue weighted by atomic mass is 10.4. The van der Waals surface area contributed by atoms with E-state index in [1.165, 1.54) is 24.3 Å². The molecule has 0 radical (unpaired) electrons. The number of nitrogens with zero attached hydrogens (tertiary/aromatic N) is 1. The van der Waals surface area contributed by atoms with Crippen molar-refractivity contribution in [2.24, 2.45) is 0 Å². The molecule has 64 valence electrons. The Labute approximate surface area is 68.1 Å². The van der Waals surface area contributed by atoms with Crippen molar-refractivity contribution < 1.29 is 14.4 Å². The Kier molecular flexibility index (Phi) is 2.60. The van der Waals surface area contributed by atoms with Crippen LogP contribution in [0.1, 0.15) is 5.76 Å². The quantitative estimate of drug-likeness (QED) is 0.544. The number of rotatable bonds is 3. The smallest absolute Gasteiger partial charge is 0.401 e. The molecule has 0 aromatic carbocycles. The Morgan fingerprint density at radius 2 is 2.42 bits per heavy atom. The minimum Gasteiger partial charge on any atom is -0.401 e. The fourth-order valence-electron chi connectivity index (χ4n) is 0.699. The second-order valence-electron chi connectivity index (χ2n) is 2.02. The zero-order valence-electron chi connectivity index (χ0n) is 6.14. The van der Waals surface area contributed by atoms with Crippen molar-refractivity contribution in [1.29, 1.82) is 0 Å². The highest BCUT2D eigenvalue weighted by molar-refractivity contribution is 5.44. The average Bonchev–Trinajstić information content (AvgIpc) is 2.48. The molecule has 1 N–H and O–H groups in total. The topological polar surface area (TPSA) is 76.5 Å². The van der Waals surface area contributed by atoms with Crippen LogP contribution in [0.25, 0.3) is 6.08 Å². The van der Waals surface area contributed by atoms with E-state index in [9.17, 15) is 10.1 Å². The van der Waals surface area contributed by atoms with Crippen molar-refractivity contribution >= 4 is 12.0 Å². The summed E-state index contributed by atoms with van der Waals surface area (Å²) in [6.45, 7) is -0.117. The summed E-state index contributed by atoms with van der Waals surface area (Å²) in [5.41, 5.74) is 0. The van der Waals surface area contributed by atoms with E-state index < -0.39 is 4.92 Å². The molecule has 0 aliphatic rings. The van der Waals surface area contributed by atoms with Crippen LogP contribution in [0, 0.1) is 10.1 Å². The first-order valence-corrected chi connectivity index (χ1v) is 3.25.